The number of hydrogen-bond acceptors (Lipinski definition) is 3. The second-order valence-electron chi connectivity index (χ2n) is 5.69. The van der Waals surface area contributed by atoms with Crippen LogP contribution in [0.15, 0.2) is 24.3 Å². The Hall–Kier alpha value is -2.04. The fourth-order valence-electron chi connectivity index (χ4n) is 2.97. The molecule has 1 atom stereocenters. The topological polar surface area (TPSA) is 60.9 Å². The molecular formula is C16H22N2O3. The summed E-state index contributed by atoms with van der Waals surface area (Å²) in [6.07, 6.45) is 1.70. The lowest BCUT2D eigenvalue weighted by molar-refractivity contribution is -0.148. The lowest BCUT2D eigenvalue weighted by Gasteiger charge is -2.34. The van der Waals surface area contributed by atoms with Gasteiger partial charge >= 0.3 is 5.97 Å². The average molecular weight is 290 g/mol. The molecule has 0 radical (unpaired) electrons. The molecule has 1 unspecified atom stereocenters. The highest BCUT2D eigenvalue weighted by molar-refractivity contribution is 5.98. The highest BCUT2D eigenvalue weighted by Crippen LogP contribution is 2.34. The fraction of sp³-hybridized carbons (Fsp3) is 0.500. The summed E-state index contributed by atoms with van der Waals surface area (Å²) in [6, 6.07) is 7.27. The highest BCUT2D eigenvalue weighted by Gasteiger charge is 2.48. The van der Waals surface area contributed by atoms with E-state index in [1.807, 2.05) is 38.1 Å². The van der Waals surface area contributed by atoms with Crippen molar-refractivity contribution in [1.82, 2.24) is 4.90 Å². The largest absolute Gasteiger partial charge is 0.479 e. The molecule has 1 heterocycles. The van der Waals surface area contributed by atoms with Crippen LogP contribution in [0.1, 0.15) is 36.5 Å². The quantitative estimate of drug-likeness (QED) is 0.923. The smallest absolute Gasteiger partial charge is 0.329 e. The Kier molecular flexibility index (Phi) is 4.21. The lowest BCUT2D eigenvalue weighted by Crippen LogP contribution is -2.52. The summed E-state index contributed by atoms with van der Waals surface area (Å²) in [5.74, 6) is -1.09. The molecule has 1 N–H and O–H groups in total. The molecule has 0 aliphatic carbocycles. The van der Waals surface area contributed by atoms with Crippen LogP contribution < -0.4 is 4.90 Å². The van der Waals surface area contributed by atoms with E-state index in [4.69, 9.17) is 0 Å². The minimum atomic E-state index is -1.04. The Morgan fingerprint density at radius 2 is 1.90 bits per heavy atom. The molecule has 1 amide bonds. The second-order valence-corrected chi connectivity index (χ2v) is 5.69. The minimum absolute atomic E-state index is 0.193. The predicted molar refractivity (Wildman–Crippen MR) is 81.7 cm³/mol. The fourth-order valence-corrected chi connectivity index (χ4v) is 2.97. The summed E-state index contributed by atoms with van der Waals surface area (Å²) in [6.45, 7) is 2.34. The van der Waals surface area contributed by atoms with Crippen molar-refractivity contribution < 1.29 is 14.7 Å². The van der Waals surface area contributed by atoms with Crippen LogP contribution in [0, 0.1) is 0 Å². The lowest BCUT2D eigenvalue weighted by atomic mass is 9.92. The Balaban J connectivity index is 2.28. The van der Waals surface area contributed by atoms with E-state index in [0.29, 0.717) is 24.9 Å². The van der Waals surface area contributed by atoms with E-state index in [9.17, 15) is 14.7 Å². The predicted octanol–water partition coefficient (Wildman–Crippen LogP) is 2.22. The van der Waals surface area contributed by atoms with Crippen LogP contribution in [-0.2, 0) is 4.79 Å². The van der Waals surface area contributed by atoms with E-state index in [1.54, 1.807) is 12.1 Å². The normalized spacial score (nSPS) is 21.4. The molecule has 1 aliphatic heterocycles. The van der Waals surface area contributed by atoms with Gasteiger partial charge in [-0.15, -0.1) is 0 Å². The standard InChI is InChI=1S/C16H22N2O3/c1-4-16(15(20)21)10-5-11-18(16)14(19)12-6-8-13(9-7-12)17(2)3/h6-9H,4-5,10-11H2,1-3H3,(H,20,21). The second kappa shape index (κ2) is 5.76. The Bertz CT molecular complexity index is 539. The molecule has 0 saturated carbocycles. The SMILES string of the molecule is CCC1(C(=O)O)CCCN1C(=O)c1ccc(N(C)C)cc1. The summed E-state index contributed by atoms with van der Waals surface area (Å²) in [5, 5.41) is 9.55. The number of carbonyl (C=O) groups excluding carboxylic acids is 1. The van der Waals surface area contributed by atoms with Gasteiger partial charge in [-0.3, -0.25) is 4.79 Å². The van der Waals surface area contributed by atoms with Crippen molar-refractivity contribution in [3.63, 3.8) is 0 Å². The average Bonchev–Trinajstić information content (AvgIpc) is 2.91. The molecule has 0 bridgehead atoms. The molecular weight excluding hydrogens is 268 g/mol. The zero-order chi connectivity index (χ0) is 15.6. The molecule has 0 spiro atoms. The first-order chi connectivity index (χ1) is 9.92. The zero-order valence-corrected chi connectivity index (χ0v) is 12.8. The molecule has 114 valence electrons. The molecule has 1 fully saturated rings. The van der Waals surface area contributed by atoms with E-state index < -0.39 is 11.5 Å². The summed E-state index contributed by atoms with van der Waals surface area (Å²) in [7, 11) is 3.87. The molecule has 5 heteroatoms. The van der Waals surface area contributed by atoms with Gasteiger partial charge in [0.2, 0.25) is 0 Å². The first-order valence-corrected chi connectivity index (χ1v) is 7.25. The van der Waals surface area contributed by atoms with Gasteiger partial charge in [0.15, 0.2) is 0 Å². The number of rotatable bonds is 4. The number of benzene rings is 1. The van der Waals surface area contributed by atoms with Gasteiger partial charge in [-0.1, -0.05) is 6.92 Å². The number of likely N-dealkylation sites (tertiary alicyclic amines) is 1. The molecule has 2 rings (SSSR count). The number of anilines is 1. The van der Waals surface area contributed by atoms with E-state index in [0.717, 1.165) is 12.1 Å². The summed E-state index contributed by atoms with van der Waals surface area (Å²) in [4.78, 5) is 27.8. The molecule has 21 heavy (non-hydrogen) atoms. The van der Waals surface area contributed by atoms with E-state index >= 15 is 0 Å². The third kappa shape index (κ3) is 2.60. The summed E-state index contributed by atoms with van der Waals surface area (Å²) < 4.78 is 0. The van der Waals surface area contributed by atoms with Crippen LogP contribution in [0.25, 0.3) is 0 Å². The molecule has 5 nitrogen and oxygen atoms in total. The Morgan fingerprint density at radius 1 is 1.29 bits per heavy atom. The molecule has 1 aliphatic rings. The van der Waals surface area contributed by atoms with Crippen LogP contribution in [0.2, 0.25) is 0 Å². The van der Waals surface area contributed by atoms with Crippen LogP contribution in [-0.4, -0.2) is 48.1 Å². The Labute approximate surface area is 125 Å². The summed E-state index contributed by atoms with van der Waals surface area (Å²) >= 11 is 0. The maximum Gasteiger partial charge on any atom is 0.329 e. The van der Waals surface area contributed by atoms with Crippen molar-refractivity contribution in [2.75, 3.05) is 25.5 Å². The first kappa shape index (κ1) is 15.4. The molecule has 1 saturated heterocycles. The van der Waals surface area contributed by atoms with Crippen molar-refractivity contribution >= 4 is 17.6 Å². The van der Waals surface area contributed by atoms with Gasteiger partial charge < -0.3 is 14.9 Å². The maximum atomic E-state index is 12.7. The zero-order valence-electron chi connectivity index (χ0n) is 12.8. The van der Waals surface area contributed by atoms with Crippen LogP contribution in [0.5, 0.6) is 0 Å². The molecule has 1 aromatic rings. The number of amides is 1. The van der Waals surface area contributed by atoms with Gasteiger partial charge in [-0.25, -0.2) is 4.79 Å². The highest BCUT2D eigenvalue weighted by atomic mass is 16.4. The number of hydrogen-bond donors (Lipinski definition) is 1. The van der Waals surface area contributed by atoms with Crippen molar-refractivity contribution in [1.29, 1.82) is 0 Å². The van der Waals surface area contributed by atoms with Crippen molar-refractivity contribution in [3.8, 4) is 0 Å². The number of nitrogens with zero attached hydrogens (tertiary/aromatic N) is 2. The number of carbonyl (C=O) groups is 2. The minimum Gasteiger partial charge on any atom is -0.479 e. The van der Waals surface area contributed by atoms with Gasteiger partial charge in [0.1, 0.15) is 5.54 Å². The maximum absolute atomic E-state index is 12.7. The third-order valence-electron chi connectivity index (χ3n) is 4.35. The van der Waals surface area contributed by atoms with Gasteiger partial charge in [0.25, 0.3) is 5.91 Å². The van der Waals surface area contributed by atoms with E-state index in [-0.39, 0.29) is 5.91 Å². The summed E-state index contributed by atoms with van der Waals surface area (Å²) in [5.41, 5.74) is 0.506. The van der Waals surface area contributed by atoms with Gasteiger partial charge in [0.05, 0.1) is 0 Å². The Morgan fingerprint density at radius 3 is 2.38 bits per heavy atom. The van der Waals surface area contributed by atoms with E-state index in [1.165, 1.54) is 4.90 Å². The number of carboxylic acids is 1. The van der Waals surface area contributed by atoms with Crippen LogP contribution in [0.4, 0.5) is 5.69 Å². The van der Waals surface area contributed by atoms with Crippen molar-refractivity contribution in [3.05, 3.63) is 29.8 Å². The van der Waals surface area contributed by atoms with Crippen LogP contribution >= 0.6 is 0 Å². The molecule has 1 aromatic carbocycles. The van der Waals surface area contributed by atoms with Gasteiger partial charge in [0, 0.05) is 31.9 Å². The van der Waals surface area contributed by atoms with Crippen LogP contribution in [0.3, 0.4) is 0 Å². The molecule has 0 aromatic heterocycles. The monoisotopic (exact) mass is 290 g/mol. The van der Waals surface area contributed by atoms with E-state index in [2.05, 4.69) is 0 Å². The van der Waals surface area contributed by atoms with Gasteiger partial charge in [-0.05, 0) is 43.5 Å². The van der Waals surface area contributed by atoms with Gasteiger partial charge in [-0.2, -0.15) is 0 Å². The number of aliphatic carboxylic acids is 1. The van der Waals surface area contributed by atoms with Crippen molar-refractivity contribution in [2.45, 2.75) is 31.7 Å². The third-order valence-corrected chi connectivity index (χ3v) is 4.35. The number of carboxylic acid groups (broad SMARTS) is 1. The van der Waals surface area contributed by atoms with Crippen molar-refractivity contribution in [2.24, 2.45) is 0 Å². The first-order valence-electron chi connectivity index (χ1n) is 7.25.